The number of thiophene rings is 1. The van der Waals surface area contributed by atoms with Crippen LogP contribution in [0.15, 0.2) is 58.9 Å². The summed E-state index contributed by atoms with van der Waals surface area (Å²) in [5.74, 6) is -0.633. The SMILES string of the molecule is O=C(NS(=O)(=O)c1cccc2ncccc12)c1cccs1. The van der Waals surface area contributed by atoms with E-state index in [1.165, 1.54) is 17.4 Å². The second kappa shape index (κ2) is 5.27. The van der Waals surface area contributed by atoms with Crippen LogP contribution in [0.25, 0.3) is 10.9 Å². The molecule has 3 aromatic rings. The lowest BCUT2D eigenvalue weighted by Gasteiger charge is -2.08. The third kappa shape index (κ3) is 2.65. The molecule has 1 aromatic carbocycles. The number of sulfonamides is 1. The maximum absolute atomic E-state index is 12.4. The van der Waals surface area contributed by atoms with E-state index in [4.69, 9.17) is 0 Å². The molecular formula is C14H10N2O3S2. The van der Waals surface area contributed by atoms with Crippen LogP contribution in [0.5, 0.6) is 0 Å². The second-order valence-electron chi connectivity index (χ2n) is 4.24. The highest BCUT2D eigenvalue weighted by Gasteiger charge is 2.21. The molecule has 2 heterocycles. The van der Waals surface area contributed by atoms with Gasteiger partial charge in [-0.25, -0.2) is 13.1 Å². The zero-order valence-corrected chi connectivity index (χ0v) is 12.3. The van der Waals surface area contributed by atoms with E-state index < -0.39 is 15.9 Å². The van der Waals surface area contributed by atoms with E-state index in [-0.39, 0.29) is 4.90 Å². The van der Waals surface area contributed by atoms with E-state index in [1.54, 1.807) is 48.0 Å². The molecule has 0 fully saturated rings. The Morgan fingerprint density at radius 2 is 1.95 bits per heavy atom. The fraction of sp³-hybridized carbons (Fsp3) is 0. The topological polar surface area (TPSA) is 76.1 Å². The number of carbonyl (C=O) groups is 1. The van der Waals surface area contributed by atoms with Gasteiger partial charge in [-0.1, -0.05) is 12.1 Å². The normalized spacial score (nSPS) is 11.4. The highest BCUT2D eigenvalue weighted by molar-refractivity contribution is 7.90. The van der Waals surface area contributed by atoms with E-state index >= 15 is 0 Å². The zero-order chi connectivity index (χ0) is 14.9. The quantitative estimate of drug-likeness (QED) is 0.804. The predicted molar refractivity (Wildman–Crippen MR) is 80.7 cm³/mol. The number of fused-ring (bicyclic) bond motifs is 1. The van der Waals surface area contributed by atoms with Gasteiger partial charge in [0.05, 0.1) is 15.3 Å². The number of aromatic nitrogens is 1. The maximum atomic E-state index is 12.4. The van der Waals surface area contributed by atoms with Crippen molar-refractivity contribution in [3.63, 3.8) is 0 Å². The first-order valence-corrected chi connectivity index (χ1v) is 8.38. The van der Waals surface area contributed by atoms with E-state index in [2.05, 4.69) is 9.71 Å². The van der Waals surface area contributed by atoms with Crippen molar-refractivity contribution in [1.29, 1.82) is 0 Å². The minimum absolute atomic E-state index is 0.0398. The standard InChI is InChI=1S/C14H10N2O3S2/c17-14(12-6-3-9-20-12)16-21(18,19)13-7-1-5-11-10(13)4-2-8-15-11/h1-9H,(H,16,17). The molecule has 0 aliphatic rings. The molecule has 0 radical (unpaired) electrons. The first-order valence-electron chi connectivity index (χ1n) is 6.02. The van der Waals surface area contributed by atoms with Crippen molar-refractivity contribution in [2.24, 2.45) is 0 Å². The summed E-state index contributed by atoms with van der Waals surface area (Å²) in [7, 11) is -3.95. The summed E-state index contributed by atoms with van der Waals surface area (Å²) in [5.41, 5.74) is 0.559. The summed E-state index contributed by atoms with van der Waals surface area (Å²) in [6.07, 6.45) is 1.59. The van der Waals surface area contributed by atoms with Crippen LogP contribution in [0.3, 0.4) is 0 Å². The number of hydrogen-bond acceptors (Lipinski definition) is 5. The molecule has 0 atom stereocenters. The van der Waals surface area contributed by atoms with Gasteiger partial charge in [0.1, 0.15) is 0 Å². The predicted octanol–water partition coefficient (Wildman–Crippen LogP) is 2.42. The Labute approximate surface area is 125 Å². The Morgan fingerprint density at radius 3 is 2.71 bits per heavy atom. The number of rotatable bonds is 3. The molecule has 0 unspecified atom stereocenters. The molecular weight excluding hydrogens is 308 g/mol. The lowest BCUT2D eigenvalue weighted by atomic mass is 10.2. The Morgan fingerprint density at radius 1 is 1.10 bits per heavy atom. The summed E-state index contributed by atoms with van der Waals surface area (Å²) in [6.45, 7) is 0. The number of nitrogens with one attached hydrogen (secondary N) is 1. The summed E-state index contributed by atoms with van der Waals surface area (Å²) >= 11 is 1.18. The Balaban J connectivity index is 2.03. The lowest BCUT2D eigenvalue weighted by molar-refractivity contribution is 0.0985. The smallest absolute Gasteiger partial charge is 0.267 e. The molecule has 0 bridgehead atoms. The number of amides is 1. The van der Waals surface area contributed by atoms with Gasteiger partial charge in [-0.05, 0) is 35.7 Å². The summed E-state index contributed by atoms with van der Waals surface area (Å²) in [6, 6.07) is 11.3. The molecule has 0 saturated carbocycles. The number of hydrogen-bond donors (Lipinski definition) is 1. The van der Waals surface area contributed by atoms with Gasteiger partial charge in [0.15, 0.2) is 0 Å². The molecule has 0 saturated heterocycles. The van der Waals surface area contributed by atoms with Crippen LogP contribution in [0.1, 0.15) is 9.67 Å². The number of benzene rings is 1. The van der Waals surface area contributed by atoms with E-state index in [9.17, 15) is 13.2 Å². The van der Waals surface area contributed by atoms with Crippen molar-refractivity contribution >= 4 is 38.2 Å². The number of pyridine rings is 1. The molecule has 1 N–H and O–H groups in total. The van der Waals surface area contributed by atoms with Crippen LogP contribution in [0, 0.1) is 0 Å². The van der Waals surface area contributed by atoms with Crippen molar-refractivity contribution in [3.05, 3.63) is 58.9 Å². The van der Waals surface area contributed by atoms with Crippen LogP contribution >= 0.6 is 11.3 Å². The number of carbonyl (C=O) groups excluding carboxylic acids is 1. The van der Waals surface area contributed by atoms with Gasteiger partial charge in [0.25, 0.3) is 15.9 Å². The third-order valence-corrected chi connectivity index (χ3v) is 5.13. The average Bonchev–Trinajstić information content (AvgIpc) is 3.00. The first kappa shape index (κ1) is 13.7. The van der Waals surface area contributed by atoms with Crippen molar-refractivity contribution in [2.45, 2.75) is 4.90 Å². The molecule has 106 valence electrons. The van der Waals surface area contributed by atoms with Gasteiger partial charge in [0, 0.05) is 11.6 Å². The molecule has 0 aliphatic heterocycles. The van der Waals surface area contributed by atoms with Crippen LogP contribution < -0.4 is 4.72 Å². The van der Waals surface area contributed by atoms with Crippen LogP contribution in [0.4, 0.5) is 0 Å². The molecule has 7 heteroatoms. The fourth-order valence-corrected chi connectivity index (χ4v) is 3.81. The summed E-state index contributed by atoms with van der Waals surface area (Å²) in [4.78, 5) is 16.4. The van der Waals surface area contributed by atoms with Crippen LogP contribution in [-0.2, 0) is 10.0 Å². The second-order valence-corrected chi connectivity index (χ2v) is 6.84. The van der Waals surface area contributed by atoms with E-state index in [0.29, 0.717) is 15.8 Å². The monoisotopic (exact) mass is 318 g/mol. The maximum Gasteiger partial charge on any atom is 0.275 e. The largest absolute Gasteiger partial charge is 0.275 e. The minimum atomic E-state index is -3.95. The zero-order valence-electron chi connectivity index (χ0n) is 10.7. The van der Waals surface area contributed by atoms with Gasteiger partial charge in [0.2, 0.25) is 0 Å². The molecule has 0 spiro atoms. The van der Waals surface area contributed by atoms with Gasteiger partial charge in [-0.15, -0.1) is 11.3 Å². The molecule has 2 aromatic heterocycles. The van der Waals surface area contributed by atoms with E-state index in [0.717, 1.165) is 0 Å². The van der Waals surface area contributed by atoms with E-state index in [1.807, 2.05) is 0 Å². The molecule has 3 rings (SSSR count). The Bertz CT molecular complexity index is 898. The lowest BCUT2D eigenvalue weighted by Crippen LogP contribution is -2.30. The first-order chi connectivity index (χ1) is 10.1. The molecule has 0 aliphatic carbocycles. The molecule has 21 heavy (non-hydrogen) atoms. The van der Waals surface area contributed by atoms with Crippen molar-refractivity contribution in [1.82, 2.24) is 9.71 Å². The molecule has 5 nitrogen and oxygen atoms in total. The van der Waals surface area contributed by atoms with Gasteiger partial charge >= 0.3 is 0 Å². The summed E-state index contributed by atoms with van der Waals surface area (Å²) < 4.78 is 26.9. The van der Waals surface area contributed by atoms with Gasteiger partial charge in [-0.3, -0.25) is 9.78 Å². The average molecular weight is 318 g/mol. The van der Waals surface area contributed by atoms with Crippen LogP contribution in [0.2, 0.25) is 0 Å². The third-order valence-electron chi connectivity index (χ3n) is 2.87. The van der Waals surface area contributed by atoms with Crippen molar-refractivity contribution in [2.75, 3.05) is 0 Å². The Hall–Kier alpha value is -2.25. The Kier molecular flexibility index (Phi) is 3.44. The number of nitrogens with zero attached hydrogens (tertiary/aromatic N) is 1. The minimum Gasteiger partial charge on any atom is -0.267 e. The highest BCUT2D eigenvalue weighted by atomic mass is 32.2. The summed E-state index contributed by atoms with van der Waals surface area (Å²) in [5, 5.41) is 2.19. The van der Waals surface area contributed by atoms with Crippen molar-refractivity contribution < 1.29 is 13.2 Å². The van der Waals surface area contributed by atoms with Gasteiger partial charge < -0.3 is 0 Å². The fourth-order valence-electron chi connectivity index (χ4n) is 1.94. The van der Waals surface area contributed by atoms with Crippen molar-refractivity contribution in [3.8, 4) is 0 Å². The van der Waals surface area contributed by atoms with Gasteiger partial charge in [-0.2, -0.15) is 0 Å². The van der Waals surface area contributed by atoms with Crippen LogP contribution in [-0.4, -0.2) is 19.3 Å². The highest BCUT2D eigenvalue weighted by Crippen LogP contribution is 2.21. The molecule has 1 amide bonds.